The zero-order chi connectivity index (χ0) is 6.53. The van der Waals surface area contributed by atoms with Crippen molar-refractivity contribution in [3.8, 4) is 0 Å². The fourth-order valence-electron chi connectivity index (χ4n) is 1.06. The molecule has 2 nitrogen and oxygen atoms in total. The van der Waals surface area contributed by atoms with Gasteiger partial charge in [-0.25, -0.2) is 5.01 Å². The highest BCUT2D eigenvalue weighted by Gasteiger charge is 2.05. The van der Waals surface area contributed by atoms with Gasteiger partial charge in [0.15, 0.2) is 0 Å². The van der Waals surface area contributed by atoms with E-state index in [2.05, 4.69) is 17.0 Å². The zero-order valence-corrected chi connectivity index (χ0v) is 5.77. The van der Waals surface area contributed by atoms with Crippen molar-refractivity contribution in [2.24, 2.45) is 0 Å². The van der Waals surface area contributed by atoms with Crippen LogP contribution in [0.25, 0.3) is 0 Å². The van der Waals surface area contributed by atoms with E-state index >= 15 is 0 Å². The SMILES string of the molecule is C=CCN1CCCCN1. The summed E-state index contributed by atoms with van der Waals surface area (Å²) in [4.78, 5) is 0. The molecule has 1 N–H and O–H groups in total. The monoisotopic (exact) mass is 126 g/mol. The molecule has 0 spiro atoms. The van der Waals surface area contributed by atoms with Crippen LogP contribution in [0.2, 0.25) is 0 Å². The Morgan fingerprint density at radius 2 is 2.44 bits per heavy atom. The van der Waals surface area contributed by atoms with Gasteiger partial charge in [-0.3, -0.25) is 5.43 Å². The maximum Gasteiger partial charge on any atom is 0.0309 e. The summed E-state index contributed by atoms with van der Waals surface area (Å²) in [6, 6.07) is 0. The molecular weight excluding hydrogens is 112 g/mol. The minimum Gasteiger partial charge on any atom is -0.255 e. The molecule has 9 heavy (non-hydrogen) atoms. The Morgan fingerprint density at radius 3 is 3.00 bits per heavy atom. The first-order valence-electron chi connectivity index (χ1n) is 3.53. The molecule has 1 rings (SSSR count). The van der Waals surface area contributed by atoms with Gasteiger partial charge in [-0.1, -0.05) is 6.08 Å². The molecule has 0 aromatic rings. The van der Waals surface area contributed by atoms with Crippen LogP contribution in [0.15, 0.2) is 12.7 Å². The van der Waals surface area contributed by atoms with Crippen LogP contribution in [0.4, 0.5) is 0 Å². The predicted molar refractivity (Wildman–Crippen MR) is 39.0 cm³/mol. The van der Waals surface area contributed by atoms with Crippen LogP contribution < -0.4 is 5.43 Å². The number of nitrogens with one attached hydrogen (secondary N) is 1. The van der Waals surface area contributed by atoms with Crippen molar-refractivity contribution < 1.29 is 0 Å². The summed E-state index contributed by atoms with van der Waals surface area (Å²) in [5.41, 5.74) is 3.28. The van der Waals surface area contributed by atoms with Gasteiger partial charge >= 0.3 is 0 Å². The van der Waals surface area contributed by atoms with E-state index in [1.165, 1.54) is 19.4 Å². The van der Waals surface area contributed by atoms with E-state index in [4.69, 9.17) is 0 Å². The normalized spacial score (nSPS) is 21.8. The molecule has 0 amide bonds. The smallest absolute Gasteiger partial charge is 0.0309 e. The third-order valence-corrected chi connectivity index (χ3v) is 1.54. The lowest BCUT2D eigenvalue weighted by Crippen LogP contribution is -2.42. The van der Waals surface area contributed by atoms with Crippen LogP contribution in [0.1, 0.15) is 12.8 Å². The molecule has 0 aromatic carbocycles. The highest BCUT2D eigenvalue weighted by molar-refractivity contribution is 4.72. The van der Waals surface area contributed by atoms with Crippen molar-refractivity contribution in [1.82, 2.24) is 10.4 Å². The van der Waals surface area contributed by atoms with Gasteiger partial charge in [-0.2, -0.15) is 0 Å². The summed E-state index contributed by atoms with van der Waals surface area (Å²) in [5.74, 6) is 0. The van der Waals surface area contributed by atoms with Gasteiger partial charge in [0.05, 0.1) is 0 Å². The van der Waals surface area contributed by atoms with E-state index in [0.717, 1.165) is 13.1 Å². The lowest BCUT2D eigenvalue weighted by Gasteiger charge is -2.25. The van der Waals surface area contributed by atoms with E-state index in [0.29, 0.717) is 0 Å². The Morgan fingerprint density at radius 1 is 1.56 bits per heavy atom. The Labute approximate surface area is 56.5 Å². The largest absolute Gasteiger partial charge is 0.255 e. The second kappa shape index (κ2) is 3.64. The van der Waals surface area contributed by atoms with Gasteiger partial charge in [0, 0.05) is 19.6 Å². The van der Waals surface area contributed by atoms with Crippen molar-refractivity contribution >= 4 is 0 Å². The molecule has 2 heteroatoms. The van der Waals surface area contributed by atoms with Crippen LogP contribution in [0.3, 0.4) is 0 Å². The molecule has 1 aliphatic rings. The molecule has 0 bridgehead atoms. The lowest BCUT2D eigenvalue weighted by molar-refractivity contribution is 0.172. The van der Waals surface area contributed by atoms with Gasteiger partial charge in [-0.15, -0.1) is 6.58 Å². The minimum absolute atomic E-state index is 0.972. The molecule has 0 aliphatic carbocycles. The van der Waals surface area contributed by atoms with Gasteiger partial charge in [0.1, 0.15) is 0 Å². The first-order chi connectivity index (χ1) is 4.43. The maximum atomic E-state index is 3.67. The second-order valence-electron chi connectivity index (χ2n) is 2.35. The topological polar surface area (TPSA) is 15.3 Å². The average molecular weight is 126 g/mol. The van der Waals surface area contributed by atoms with Crippen molar-refractivity contribution in [3.05, 3.63) is 12.7 Å². The van der Waals surface area contributed by atoms with Crippen molar-refractivity contribution in [1.29, 1.82) is 0 Å². The van der Waals surface area contributed by atoms with Crippen LogP contribution in [0.5, 0.6) is 0 Å². The van der Waals surface area contributed by atoms with E-state index in [1.54, 1.807) is 0 Å². The quantitative estimate of drug-likeness (QED) is 0.550. The lowest BCUT2D eigenvalue weighted by atomic mass is 10.3. The molecule has 0 aromatic heterocycles. The zero-order valence-electron chi connectivity index (χ0n) is 5.77. The van der Waals surface area contributed by atoms with Gasteiger partial charge in [0.2, 0.25) is 0 Å². The first-order valence-corrected chi connectivity index (χ1v) is 3.53. The first kappa shape index (κ1) is 6.78. The summed E-state index contributed by atoms with van der Waals surface area (Å²) in [6.45, 7) is 6.95. The number of rotatable bonds is 2. The van der Waals surface area contributed by atoms with E-state index in [1.807, 2.05) is 6.08 Å². The number of hydrogen-bond donors (Lipinski definition) is 1. The maximum absolute atomic E-state index is 3.67. The Balaban J connectivity index is 2.15. The summed E-state index contributed by atoms with van der Waals surface area (Å²) in [6.07, 6.45) is 4.56. The molecule has 1 saturated heterocycles. The molecular formula is C7H14N2. The summed E-state index contributed by atoms with van der Waals surface area (Å²) < 4.78 is 0. The summed E-state index contributed by atoms with van der Waals surface area (Å²) in [7, 11) is 0. The molecule has 1 fully saturated rings. The minimum atomic E-state index is 0.972. The number of hydrazine groups is 1. The van der Waals surface area contributed by atoms with Crippen molar-refractivity contribution in [3.63, 3.8) is 0 Å². The van der Waals surface area contributed by atoms with E-state index < -0.39 is 0 Å². The molecule has 0 saturated carbocycles. The predicted octanol–water partition coefficient (Wildman–Crippen LogP) is 0.773. The van der Waals surface area contributed by atoms with Crippen LogP contribution in [-0.4, -0.2) is 24.6 Å². The van der Waals surface area contributed by atoms with Crippen molar-refractivity contribution in [2.45, 2.75) is 12.8 Å². The summed E-state index contributed by atoms with van der Waals surface area (Å²) in [5, 5.41) is 2.20. The highest BCUT2D eigenvalue weighted by Crippen LogP contribution is 1.97. The van der Waals surface area contributed by atoms with Gasteiger partial charge in [-0.05, 0) is 12.8 Å². The second-order valence-corrected chi connectivity index (χ2v) is 2.35. The van der Waals surface area contributed by atoms with Crippen LogP contribution in [-0.2, 0) is 0 Å². The molecule has 0 radical (unpaired) electrons. The fraction of sp³-hybridized carbons (Fsp3) is 0.714. The van der Waals surface area contributed by atoms with Crippen LogP contribution >= 0.6 is 0 Å². The Hall–Kier alpha value is -0.340. The third-order valence-electron chi connectivity index (χ3n) is 1.54. The summed E-state index contributed by atoms with van der Waals surface area (Å²) >= 11 is 0. The number of nitrogens with zero attached hydrogens (tertiary/aromatic N) is 1. The molecule has 1 aliphatic heterocycles. The molecule has 0 atom stereocenters. The molecule has 1 heterocycles. The molecule has 52 valence electrons. The van der Waals surface area contributed by atoms with Gasteiger partial charge < -0.3 is 0 Å². The third kappa shape index (κ3) is 2.16. The highest BCUT2D eigenvalue weighted by atomic mass is 15.5. The fourth-order valence-corrected chi connectivity index (χ4v) is 1.06. The standard InChI is InChI=1S/C7H14N2/c1-2-6-9-7-4-3-5-8-9/h2,8H,1,3-7H2. The van der Waals surface area contributed by atoms with E-state index in [9.17, 15) is 0 Å². The molecule has 0 unspecified atom stereocenters. The number of hydrogen-bond acceptors (Lipinski definition) is 2. The van der Waals surface area contributed by atoms with E-state index in [-0.39, 0.29) is 0 Å². The van der Waals surface area contributed by atoms with Gasteiger partial charge in [0.25, 0.3) is 0 Å². The Kier molecular flexibility index (Phi) is 2.74. The van der Waals surface area contributed by atoms with Crippen molar-refractivity contribution in [2.75, 3.05) is 19.6 Å². The van der Waals surface area contributed by atoms with Crippen LogP contribution in [0, 0.1) is 0 Å². The average Bonchev–Trinajstić information content (AvgIpc) is 1.91. The Bertz CT molecular complexity index is 84.9.